The Bertz CT molecular complexity index is 782. The van der Waals surface area contributed by atoms with Crippen molar-refractivity contribution in [3.63, 3.8) is 0 Å². The van der Waals surface area contributed by atoms with Gasteiger partial charge in [0.1, 0.15) is 0 Å². The molecule has 134 valence electrons. The van der Waals surface area contributed by atoms with Crippen LogP contribution in [0.1, 0.15) is 11.1 Å². The molecule has 0 fully saturated rings. The van der Waals surface area contributed by atoms with E-state index in [0.29, 0.717) is 16.5 Å². The van der Waals surface area contributed by atoms with Crippen molar-refractivity contribution in [2.45, 2.75) is 12.6 Å². The monoisotopic (exact) mass is 410 g/mol. The van der Waals surface area contributed by atoms with Crippen molar-refractivity contribution >= 4 is 46.5 Å². The largest absolute Gasteiger partial charge is 0.417 e. The van der Waals surface area contributed by atoms with Crippen LogP contribution in [0.5, 0.6) is 0 Å². The van der Waals surface area contributed by atoms with Crippen molar-refractivity contribution in [2.24, 2.45) is 0 Å². The summed E-state index contributed by atoms with van der Waals surface area (Å²) in [5, 5.41) is 5.28. The number of rotatable bonds is 4. The van der Waals surface area contributed by atoms with E-state index in [4.69, 9.17) is 34.8 Å². The molecule has 25 heavy (non-hydrogen) atoms. The number of anilines is 1. The number of alkyl halides is 3. The molecule has 9 heteroatoms. The molecule has 0 aliphatic carbocycles. The van der Waals surface area contributed by atoms with Gasteiger partial charge >= 0.3 is 12.2 Å². The van der Waals surface area contributed by atoms with Crippen LogP contribution < -0.4 is 10.6 Å². The van der Waals surface area contributed by atoms with Gasteiger partial charge in [-0.3, -0.25) is 0 Å². The third kappa shape index (κ3) is 5.70. The molecule has 0 aromatic heterocycles. The van der Waals surface area contributed by atoms with Crippen molar-refractivity contribution in [3.05, 3.63) is 62.6 Å². The third-order valence-corrected chi connectivity index (χ3v) is 4.28. The second-order valence-corrected chi connectivity index (χ2v) is 6.29. The number of hydrogen-bond acceptors (Lipinski definition) is 1. The van der Waals surface area contributed by atoms with Crippen molar-refractivity contribution in [1.82, 2.24) is 5.32 Å². The molecule has 0 saturated carbocycles. The quantitative estimate of drug-likeness (QED) is 0.634. The molecule has 2 aromatic rings. The van der Waals surface area contributed by atoms with Gasteiger partial charge in [-0.25, -0.2) is 4.79 Å². The average molecular weight is 412 g/mol. The van der Waals surface area contributed by atoms with Gasteiger partial charge in [0, 0.05) is 12.2 Å². The predicted octanol–water partition coefficient (Wildman–Crippen LogP) is 6.03. The zero-order valence-corrected chi connectivity index (χ0v) is 14.8. The van der Waals surface area contributed by atoms with Gasteiger partial charge in [-0.15, -0.1) is 0 Å². The SMILES string of the molecule is O=C(NCCc1ccc(Cl)c(Cl)c1)Nc1ccc(Cl)c(C(F)(F)F)c1. The first-order valence-corrected chi connectivity index (χ1v) is 8.16. The van der Waals surface area contributed by atoms with E-state index in [1.54, 1.807) is 18.2 Å². The molecule has 2 amide bonds. The fourth-order valence-corrected chi connectivity index (χ4v) is 2.56. The highest BCUT2D eigenvalue weighted by Crippen LogP contribution is 2.36. The molecule has 0 aliphatic heterocycles. The lowest BCUT2D eigenvalue weighted by molar-refractivity contribution is -0.137. The van der Waals surface area contributed by atoms with Gasteiger partial charge in [0.2, 0.25) is 0 Å². The van der Waals surface area contributed by atoms with E-state index in [1.165, 1.54) is 6.07 Å². The number of nitrogens with one attached hydrogen (secondary N) is 2. The smallest absolute Gasteiger partial charge is 0.338 e. The van der Waals surface area contributed by atoms with E-state index in [2.05, 4.69) is 10.6 Å². The lowest BCUT2D eigenvalue weighted by Gasteiger charge is -2.12. The second-order valence-electron chi connectivity index (χ2n) is 5.07. The lowest BCUT2D eigenvalue weighted by atomic mass is 10.1. The van der Waals surface area contributed by atoms with E-state index in [1.807, 2.05) is 0 Å². The number of carbonyl (C=O) groups is 1. The summed E-state index contributed by atoms with van der Waals surface area (Å²) >= 11 is 17.2. The molecule has 0 saturated heterocycles. The van der Waals surface area contributed by atoms with E-state index in [0.717, 1.165) is 17.7 Å². The predicted molar refractivity (Wildman–Crippen MR) is 93.6 cm³/mol. The van der Waals surface area contributed by atoms with Gasteiger partial charge in [-0.2, -0.15) is 13.2 Å². The number of benzene rings is 2. The molecule has 0 aliphatic rings. The van der Waals surface area contributed by atoms with Crippen molar-refractivity contribution < 1.29 is 18.0 Å². The molecule has 0 bridgehead atoms. The molecule has 2 aromatic carbocycles. The van der Waals surface area contributed by atoms with Crippen LogP contribution >= 0.6 is 34.8 Å². The third-order valence-electron chi connectivity index (χ3n) is 3.21. The van der Waals surface area contributed by atoms with E-state index in [-0.39, 0.29) is 12.2 Å². The fraction of sp³-hybridized carbons (Fsp3) is 0.188. The number of amides is 2. The maximum Gasteiger partial charge on any atom is 0.417 e. The Balaban J connectivity index is 1.91. The Labute approximate surface area is 157 Å². The van der Waals surface area contributed by atoms with E-state index >= 15 is 0 Å². The summed E-state index contributed by atoms with van der Waals surface area (Å²) in [4.78, 5) is 11.8. The number of carbonyl (C=O) groups excluding carboxylic acids is 1. The Morgan fingerprint density at radius 3 is 2.28 bits per heavy atom. The van der Waals surface area contributed by atoms with Crippen molar-refractivity contribution in [1.29, 1.82) is 0 Å². The summed E-state index contributed by atoms with van der Waals surface area (Å²) in [6.07, 6.45) is -4.11. The lowest BCUT2D eigenvalue weighted by Crippen LogP contribution is -2.30. The standard InChI is InChI=1S/C16H12Cl3F3N2O/c17-12-4-2-10(8-11(12)16(20,21)22)24-15(25)23-6-5-9-1-3-13(18)14(19)7-9/h1-4,7-8H,5-6H2,(H2,23,24,25). The Kier molecular flexibility index (Phi) is 6.43. The number of urea groups is 1. The van der Waals surface area contributed by atoms with Crippen LogP contribution in [0.25, 0.3) is 0 Å². The summed E-state index contributed by atoms with van der Waals surface area (Å²) in [7, 11) is 0. The van der Waals surface area contributed by atoms with E-state index < -0.39 is 22.8 Å². The molecule has 3 nitrogen and oxygen atoms in total. The molecular formula is C16H12Cl3F3N2O. The first-order chi connectivity index (χ1) is 11.7. The van der Waals surface area contributed by atoms with Gasteiger partial charge in [0.05, 0.1) is 20.6 Å². The highest BCUT2D eigenvalue weighted by Gasteiger charge is 2.33. The van der Waals surface area contributed by atoms with Gasteiger partial charge in [0.15, 0.2) is 0 Å². The molecule has 2 rings (SSSR count). The molecule has 0 atom stereocenters. The van der Waals surface area contributed by atoms with Crippen LogP contribution in [-0.2, 0) is 12.6 Å². The van der Waals surface area contributed by atoms with Crippen LogP contribution in [0.15, 0.2) is 36.4 Å². The molecule has 0 heterocycles. The fourth-order valence-electron chi connectivity index (χ4n) is 2.01. The maximum absolute atomic E-state index is 12.8. The van der Waals surface area contributed by atoms with Crippen LogP contribution in [0.3, 0.4) is 0 Å². The van der Waals surface area contributed by atoms with Gasteiger partial charge in [-0.1, -0.05) is 40.9 Å². The molecule has 0 radical (unpaired) electrons. The first-order valence-electron chi connectivity index (χ1n) is 7.02. The number of halogens is 6. The minimum atomic E-state index is -4.60. The van der Waals surface area contributed by atoms with Crippen molar-refractivity contribution in [2.75, 3.05) is 11.9 Å². The van der Waals surface area contributed by atoms with Crippen LogP contribution in [0, 0.1) is 0 Å². The number of hydrogen-bond donors (Lipinski definition) is 2. The summed E-state index contributed by atoms with van der Waals surface area (Å²) < 4.78 is 38.4. The first kappa shape index (κ1) is 19.7. The highest BCUT2D eigenvalue weighted by atomic mass is 35.5. The minimum Gasteiger partial charge on any atom is -0.338 e. The van der Waals surface area contributed by atoms with Crippen LogP contribution in [-0.4, -0.2) is 12.6 Å². The molecular weight excluding hydrogens is 400 g/mol. The van der Waals surface area contributed by atoms with Gasteiger partial charge in [0.25, 0.3) is 0 Å². The Morgan fingerprint density at radius 1 is 0.960 bits per heavy atom. The van der Waals surface area contributed by atoms with Crippen molar-refractivity contribution in [3.8, 4) is 0 Å². The Morgan fingerprint density at radius 2 is 1.64 bits per heavy atom. The zero-order chi connectivity index (χ0) is 18.6. The highest BCUT2D eigenvalue weighted by molar-refractivity contribution is 6.42. The summed E-state index contributed by atoms with van der Waals surface area (Å²) in [6.45, 7) is 0.267. The normalized spacial score (nSPS) is 11.3. The van der Waals surface area contributed by atoms with Gasteiger partial charge in [-0.05, 0) is 42.3 Å². The molecule has 2 N–H and O–H groups in total. The van der Waals surface area contributed by atoms with Crippen LogP contribution in [0.2, 0.25) is 15.1 Å². The maximum atomic E-state index is 12.8. The average Bonchev–Trinajstić information content (AvgIpc) is 2.51. The van der Waals surface area contributed by atoms with E-state index in [9.17, 15) is 18.0 Å². The van der Waals surface area contributed by atoms with Crippen LogP contribution in [0.4, 0.5) is 23.7 Å². The molecule has 0 spiro atoms. The Hall–Kier alpha value is -1.63. The summed E-state index contributed by atoms with van der Waals surface area (Å²) in [6, 6.07) is 7.61. The summed E-state index contributed by atoms with van der Waals surface area (Å²) in [5.74, 6) is 0. The second kappa shape index (κ2) is 8.17. The molecule has 0 unspecified atom stereocenters. The minimum absolute atomic E-state index is 0.0104. The zero-order valence-electron chi connectivity index (χ0n) is 12.6. The summed E-state index contributed by atoms with van der Waals surface area (Å²) in [5.41, 5.74) is -0.160. The topological polar surface area (TPSA) is 41.1 Å². The van der Waals surface area contributed by atoms with Gasteiger partial charge < -0.3 is 10.6 Å².